The maximum absolute atomic E-state index is 2.48. The Kier molecular flexibility index (Phi) is 2.43. The molecule has 2 aliphatic rings. The SMILES string of the molecule is CCC1C(C)CCCCC2CC21. The van der Waals surface area contributed by atoms with Crippen molar-refractivity contribution in [3.05, 3.63) is 0 Å². The molecule has 0 aliphatic heterocycles. The van der Waals surface area contributed by atoms with Crippen molar-refractivity contribution in [2.24, 2.45) is 23.7 Å². The predicted molar refractivity (Wildman–Crippen MR) is 53.0 cm³/mol. The minimum atomic E-state index is 1.02. The largest absolute Gasteiger partial charge is 0.0651 e. The average Bonchev–Trinajstić information content (AvgIpc) is 2.76. The third-order valence-corrected chi connectivity index (χ3v) is 4.21. The zero-order valence-electron chi connectivity index (χ0n) is 8.55. The molecule has 0 amide bonds. The summed E-state index contributed by atoms with van der Waals surface area (Å²) in [6.07, 6.45) is 9.07. The Morgan fingerprint density at radius 3 is 2.67 bits per heavy atom. The van der Waals surface area contributed by atoms with Crippen LogP contribution in [-0.4, -0.2) is 0 Å². The van der Waals surface area contributed by atoms with Crippen molar-refractivity contribution in [3.63, 3.8) is 0 Å². The van der Waals surface area contributed by atoms with Crippen molar-refractivity contribution >= 4 is 0 Å². The summed E-state index contributed by atoms with van der Waals surface area (Å²) in [5.41, 5.74) is 0. The summed E-state index contributed by atoms with van der Waals surface area (Å²) >= 11 is 0. The predicted octanol–water partition coefficient (Wildman–Crippen LogP) is 3.86. The van der Waals surface area contributed by atoms with E-state index in [1.807, 2.05) is 0 Å². The number of hydrogen-bond acceptors (Lipinski definition) is 0. The Labute approximate surface area is 76.7 Å². The summed E-state index contributed by atoms with van der Waals surface area (Å²) in [6.45, 7) is 4.87. The van der Waals surface area contributed by atoms with Gasteiger partial charge in [0.25, 0.3) is 0 Å². The molecule has 2 rings (SSSR count). The lowest BCUT2D eigenvalue weighted by atomic mass is 9.81. The first-order chi connectivity index (χ1) is 5.83. The van der Waals surface area contributed by atoms with Gasteiger partial charge in [0.05, 0.1) is 0 Å². The van der Waals surface area contributed by atoms with Gasteiger partial charge in [0.15, 0.2) is 0 Å². The molecule has 12 heavy (non-hydrogen) atoms. The Morgan fingerprint density at radius 2 is 1.92 bits per heavy atom. The van der Waals surface area contributed by atoms with Gasteiger partial charge in [-0.3, -0.25) is 0 Å². The zero-order chi connectivity index (χ0) is 8.55. The van der Waals surface area contributed by atoms with Gasteiger partial charge >= 0.3 is 0 Å². The lowest BCUT2D eigenvalue weighted by Crippen LogP contribution is -2.15. The molecule has 2 saturated carbocycles. The molecule has 0 aromatic rings. The molecule has 0 aromatic heterocycles. The van der Waals surface area contributed by atoms with Gasteiger partial charge in [-0.25, -0.2) is 0 Å². The van der Waals surface area contributed by atoms with E-state index in [1.54, 1.807) is 12.8 Å². The van der Waals surface area contributed by atoms with E-state index in [2.05, 4.69) is 13.8 Å². The van der Waals surface area contributed by atoms with Crippen LogP contribution in [0.15, 0.2) is 0 Å². The normalized spacial score (nSPS) is 47.5. The molecule has 4 unspecified atom stereocenters. The fraction of sp³-hybridized carbons (Fsp3) is 1.00. The summed E-state index contributed by atoms with van der Waals surface area (Å²) in [7, 11) is 0. The average molecular weight is 166 g/mol. The zero-order valence-corrected chi connectivity index (χ0v) is 8.55. The van der Waals surface area contributed by atoms with Gasteiger partial charge in [-0.05, 0) is 30.1 Å². The van der Waals surface area contributed by atoms with Crippen LogP contribution in [0.4, 0.5) is 0 Å². The molecule has 4 atom stereocenters. The molecule has 0 heterocycles. The molecule has 0 bridgehead atoms. The molecule has 70 valence electrons. The summed E-state index contributed by atoms with van der Waals surface area (Å²) in [5.74, 6) is 4.39. The van der Waals surface area contributed by atoms with E-state index >= 15 is 0 Å². The molecule has 0 nitrogen and oxygen atoms in total. The Hall–Kier alpha value is 0. The molecule has 2 aliphatic carbocycles. The second-order valence-electron chi connectivity index (χ2n) is 4.99. The fourth-order valence-electron chi connectivity index (χ4n) is 3.34. The van der Waals surface area contributed by atoms with Crippen LogP contribution in [0.3, 0.4) is 0 Å². The van der Waals surface area contributed by atoms with Crippen molar-refractivity contribution < 1.29 is 0 Å². The maximum atomic E-state index is 2.48. The summed E-state index contributed by atoms with van der Waals surface area (Å²) in [5, 5.41) is 0. The third kappa shape index (κ3) is 1.53. The molecule has 0 N–H and O–H groups in total. The summed E-state index contributed by atoms with van der Waals surface area (Å²) in [6, 6.07) is 0. The van der Waals surface area contributed by atoms with Crippen LogP contribution >= 0.6 is 0 Å². The first-order valence-corrected chi connectivity index (χ1v) is 5.83. The number of rotatable bonds is 1. The standard InChI is InChI=1S/C12H22/c1-3-11-9(2)6-4-5-7-10-8-12(10)11/h9-12H,3-8H2,1-2H3. The fourth-order valence-corrected chi connectivity index (χ4v) is 3.34. The van der Waals surface area contributed by atoms with Crippen LogP contribution in [0.5, 0.6) is 0 Å². The van der Waals surface area contributed by atoms with Crippen LogP contribution in [0.25, 0.3) is 0 Å². The van der Waals surface area contributed by atoms with Crippen molar-refractivity contribution in [1.82, 2.24) is 0 Å². The van der Waals surface area contributed by atoms with E-state index in [4.69, 9.17) is 0 Å². The second-order valence-corrected chi connectivity index (χ2v) is 4.99. The lowest BCUT2D eigenvalue weighted by molar-refractivity contribution is 0.255. The van der Waals surface area contributed by atoms with Crippen LogP contribution in [-0.2, 0) is 0 Å². The van der Waals surface area contributed by atoms with Gasteiger partial charge in [0, 0.05) is 0 Å². The van der Waals surface area contributed by atoms with E-state index in [-0.39, 0.29) is 0 Å². The molecule has 0 radical (unpaired) electrons. The Balaban J connectivity index is 1.97. The minimum absolute atomic E-state index is 1.02. The Morgan fingerprint density at radius 1 is 1.17 bits per heavy atom. The van der Waals surface area contributed by atoms with Gasteiger partial charge in [0.1, 0.15) is 0 Å². The highest BCUT2D eigenvalue weighted by molar-refractivity contribution is 4.93. The molecule has 0 heteroatoms. The number of fused-ring (bicyclic) bond motifs is 1. The summed E-state index contributed by atoms with van der Waals surface area (Å²) < 4.78 is 0. The van der Waals surface area contributed by atoms with E-state index in [9.17, 15) is 0 Å². The Bertz CT molecular complexity index is 148. The van der Waals surface area contributed by atoms with Gasteiger partial charge in [0.2, 0.25) is 0 Å². The van der Waals surface area contributed by atoms with E-state index in [0.717, 1.165) is 23.7 Å². The highest BCUT2D eigenvalue weighted by atomic mass is 14.5. The van der Waals surface area contributed by atoms with Crippen molar-refractivity contribution in [3.8, 4) is 0 Å². The quantitative estimate of drug-likeness (QED) is 0.555. The number of hydrogen-bond donors (Lipinski definition) is 0. The van der Waals surface area contributed by atoms with E-state index < -0.39 is 0 Å². The maximum Gasteiger partial charge on any atom is -0.0352 e. The molecule has 0 aromatic carbocycles. The highest BCUT2D eigenvalue weighted by Crippen LogP contribution is 2.52. The minimum Gasteiger partial charge on any atom is -0.0651 e. The van der Waals surface area contributed by atoms with Crippen molar-refractivity contribution in [2.75, 3.05) is 0 Å². The molecule has 0 saturated heterocycles. The topological polar surface area (TPSA) is 0 Å². The highest BCUT2D eigenvalue weighted by Gasteiger charge is 2.43. The third-order valence-electron chi connectivity index (χ3n) is 4.21. The van der Waals surface area contributed by atoms with Gasteiger partial charge < -0.3 is 0 Å². The molecular formula is C12H22. The first kappa shape index (κ1) is 8.59. The van der Waals surface area contributed by atoms with Crippen molar-refractivity contribution in [1.29, 1.82) is 0 Å². The van der Waals surface area contributed by atoms with Crippen LogP contribution in [0, 0.1) is 23.7 Å². The van der Waals surface area contributed by atoms with Gasteiger partial charge in [-0.15, -0.1) is 0 Å². The monoisotopic (exact) mass is 166 g/mol. The molecular weight excluding hydrogens is 144 g/mol. The van der Waals surface area contributed by atoms with Gasteiger partial charge in [-0.2, -0.15) is 0 Å². The van der Waals surface area contributed by atoms with Crippen molar-refractivity contribution in [2.45, 2.75) is 52.4 Å². The summed E-state index contributed by atoms with van der Waals surface area (Å²) in [4.78, 5) is 0. The van der Waals surface area contributed by atoms with E-state index in [0.29, 0.717) is 0 Å². The first-order valence-electron chi connectivity index (χ1n) is 5.83. The van der Waals surface area contributed by atoms with Gasteiger partial charge in [-0.1, -0.05) is 46.0 Å². The lowest BCUT2D eigenvalue weighted by Gasteiger charge is -2.25. The smallest absolute Gasteiger partial charge is 0.0352 e. The van der Waals surface area contributed by atoms with Crippen LogP contribution in [0.2, 0.25) is 0 Å². The molecule has 2 fully saturated rings. The van der Waals surface area contributed by atoms with Crippen LogP contribution < -0.4 is 0 Å². The van der Waals surface area contributed by atoms with E-state index in [1.165, 1.54) is 25.7 Å². The van der Waals surface area contributed by atoms with Crippen LogP contribution in [0.1, 0.15) is 52.4 Å². The molecule has 0 spiro atoms. The second kappa shape index (κ2) is 3.40.